The number of aromatic amines is 1. The van der Waals surface area contributed by atoms with Crippen LogP contribution in [-0.4, -0.2) is 26.5 Å². The van der Waals surface area contributed by atoms with Crippen LogP contribution in [0.15, 0.2) is 34.6 Å². The Kier molecular flexibility index (Phi) is 5.70. The van der Waals surface area contributed by atoms with Gasteiger partial charge in [0, 0.05) is 47.3 Å². The second kappa shape index (κ2) is 8.00. The smallest absolute Gasteiger partial charge is 0.251 e. The molecule has 27 heavy (non-hydrogen) atoms. The Labute approximate surface area is 163 Å². The summed E-state index contributed by atoms with van der Waals surface area (Å²) in [5.74, 6) is 1.34. The SMILES string of the molecule is CCc1cc(=O)[nH]c(-c2ccc(NCCc3csc(C(C)(C)C)n3)nc2)n1. The lowest BCUT2D eigenvalue weighted by atomic mass is 9.98. The predicted octanol–water partition coefficient (Wildman–Crippen LogP) is 3.80. The van der Waals surface area contributed by atoms with Crippen molar-refractivity contribution in [3.05, 3.63) is 56.5 Å². The van der Waals surface area contributed by atoms with Gasteiger partial charge in [0.05, 0.1) is 10.7 Å². The van der Waals surface area contributed by atoms with Crippen molar-refractivity contribution >= 4 is 17.2 Å². The van der Waals surface area contributed by atoms with Gasteiger partial charge < -0.3 is 10.3 Å². The molecule has 2 N–H and O–H groups in total. The van der Waals surface area contributed by atoms with Gasteiger partial charge >= 0.3 is 0 Å². The van der Waals surface area contributed by atoms with E-state index >= 15 is 0 Å². The zero-order chi connectivity index (χ0) is 19.4. The van der Waals surface area contributed by atoms with Crippen LogP contribution < -0.4 is 10.9 Å². The topological polar surface area (TPSA) is 83.6 Å². The molecule has 0 saturated heterocycles. The van der Waals surface area contributed by atoms with Crippen molar-refractivity contribution in [3.63, 3.8) is 0 Å². The summed E-state index contributed by atoms with van der Waals surface area (Å²) in [7, 11) is 0. The van der Waals surface area contributed by atoms with E-state index in [4.69, 9.17) is 4.98 Å². The van der Waals surface area contributed by atoms with Crippen LogP contribution >= 0.6 is 11.3 Å². The molecule has 0 bridgehead atoms. The Morgan fingerprint density at radius 2 is 2.00 bits per heavy atom. The fraction of sp³-hybridized carbons (Fsp3) is 0.400. The van der Waals surface area contributed by atoms with E-state index in [0.717, 1.165) is 47.2 Å². The Hall–Kier alpha value is -2.54. The first-order valence-electron chi connectivity index (χ1n) is 9.10. The molecule has 0 aliphatic heterocycles. The molecule has 0 amide bonds. The number of rotatable bonds is 6. The average molecular weight is 384 g/mol. The molecule has 3 aromatic heterocycles. The van der Waals surface area contributed by atoms with Crippen molar-refractivity contribution in [1.29, 1.82) is 0 Å². The molecule has 0 aliphatic carbocycles. The number of hydrogen-bond donors (Lipinski definition) is 2. The molecule has 0 fully saturated rings. The number of nitrogens with one attached hydrogen (secondary N) is 2. The first kappa shape index (κ1) is 19.2. The van der Waals surface area contributed by atoms with Gasteiger partial charge in [-0.05, 0) is 18.6 Å². The maximum Gasteiger partial charge on any atom is 0.251 e. The maximum atomic E-state index is 11.7. The van der Waals surface area contributed by atoms with Gasteiger partial charge in [-0.1, -0.05) is 27.7 Å². The summed E-state index contributed by atoms with van der Waals surface area (Å²) in [6, 6.07) is 5.33. The van der Waals surface area contributed by atoms with Crippen LogP contribution in [0.1, 0.15) is 44.1 Å². The second-order valence-electron chi connectivity index (χ2n) is 7.44. The molecule has 0 radical (unpaired) electrons. The minimum absolute atomic E-state index is 0.0951. The quantitative estimate of drug-likeness (QED) is 0.676. The van der Waals surface area contributed by atoms with Crippen molar-refractivity contribution in [1.82, 2.24) is 19.9 Å². The van der Waals surface area contributed by atoms with Gasteiger partial charge in [-0.25, -0.2) is 15.0 Å². The number of nitrogens with zero attached hydrogens (tertiary/aromatic N) is 3. The molecule has 0 aliphatic rings. The van der Waals surface area contributed by atoms with Crippen molar-refractivity contribution < 1.29 is 0 Å². The van der Waals surface area contributed by atoms with Crippen LogP contribution in [0, 0.1) is 0 Å². The molecule has 3 aromatic rings. The fourth-order valence-corrected chi connectivity index (χ4v) is 3.49. The number of anilines is 1. The number of aromatic nitrogens is 4. The lowest BCUT2D eigenvalue weighted by Gasteiger charge is -2.13. The minimum Gasteiger partial charge on any atom is -0.370 e. The Balaban J connectivity index is 1.60. The molecule has 7 heteroatoms. The van der Waals surface area contributed by atoms with Gasteiger partial charge in [-0.15, -0.1) is 11.3 Å². The molecule has 0 spiro atoms. The fourth-order valence-electron chi connectivity index (χ4n) is 2.55. The first-order valence-corrected chi connectivity index (χ1v) is 9.98. The summed E-state index contributed by atoms with van der Waals surface area (Å²) in [6.07, 6.45) is 3.29. The van der Waals surface area contributed by atoms with E-state index in [2.05, 4.69) is 46.4 Å². The number of hydrogen-bond acceptors (Lipinski definition) is 6. The molecular formula is C20H25N5OS. The molecule has 3 rings (SSSR count). The van der Waals surface area contributed by atoms with E-state index in [1.165, 1.54) is 6.07 Å². The highest BCUT2D eigenvalue weighted by atomic mass is 32.1. The highest BCUT2D eigenvalue weighted by Crippen LogP contribution is 2.25. The third-order valence-electron chi connectivity index (χ3n) is 4.07. The first-order chi connectivity index (χ1) is 12.8. The van der Waals surface area contributed by atoms with Crippen LogP contribution in [0.2, 0.25) is 0 Å². The van der Waals surface area contributed by atoms with Gasteiger partial charge in [0.1, 0.15) is 11.6 Å². The Bertz CT molecular complexity index is 953. The molecule has 0 saturated carbocycles. The van der Waals surface area contributed by atoms with Crippen molar-refractivity contribution in [2.45, 2.75) is 46.0 Å². The molecule has 3 heterocycles. The van der Waals surface area contributed by atoms with Gasteiger partial charge in [-0.2, -0.15) is 0 Å². The minimum atomic E-state index is -0.142. The molecule has 142 valence electrons. The monoisotopic (exact) mass is 383 g/mol. The second-order valence-corrected chi connectivity index (χ2v) is 8.30. The number of pyridine rings is 1. The van der Waals surface area contributed by atoms with Crippen LogP contribution in [0.3, 0.4) is 0 Å². The van der Waals surface area contributed by atoms with E-state index in [1.54, 1.807) is 17.5 Å². The third-order valence-corrected chi connectivity index (χ3v) is 5.39. The largest absolute Gasteiger partial charge is 0.370 e. The number of thiazole rings is 1. The van der Waals surface area contributed by atoms with Crippen molar-refractivity contribution in [2.75, 3.05) is 11.9 Å². The Morgan fingerprint density at radius 3 is 2.63 bits per heavy atom. The van der Waals surface area contributed by atoms with Crippen molar-refractivity contribution in [2.24, 2.45) is 0 Å². The van der Waals surface area contributed by atoms with Gasteiger partial charge in [0.15, 0.2) is 0 Å². The highest BCUT2D eigenvalue weighted by molar-refractivity contribution is 7.09. The molecular weight excluding hydrogens is 358 g/mol. The van der Waals surface area contributed by atoms with Crippen LogP contribution in [0.25, 0.3) is 11.4 Å². The molecule has 0 aromatic carbocycles. The highest BCUT2D eigenvalue weighted by Gasteiger charge is 2.17. The van der Waals surface area contributed by atoms with Gasteiger partial charge in [-0.3, -0.25) is 4.79 Å². The zero-order valence-corrected chi connectivity index (χ0v) is 17.0. The standard InChI is InChI=1S/C20H25N5OS/c1-5-14-10-17(26)25-18(23-14)13-6-7-16(22-11-13)21-9-8-15-12-27-19(24-15)20(2,3)4/h6-7,10-12H,5,8-9H2,1-4H3,(H,21,22)(H,23,25,26). The predicted molar refractivity (Wildman–Crippen MR) is 110 cm³/mol. The molecule has 0 unspecified atom stereocenters. The summed E-state index contributed by atoms with van der Waals surface area (Å²) in [5, 5.41) is 6.60. The lowest BCUT2D eigenvalue weighted by Crippen LogP contribution is -2.11. The van der Waals surface area contributed by atoms with E-state index in [0.29, 0.717) is 5.82 Å². The van der Waals surface area contributed by atoms with E-state index < -0.39 is 0 Å². The van der Waals surface area contributed by atoms with E-state index in [-0.39, 0.29) is 11.0 Å². The third kappa shape index (κ3) is 5.01. The lowest BCUT2D eigenvalue weighted by molar-refractivity contribution is 0.583. The number of H-pyrrole nitrogens is 1. The van der Waals surface area contributed by atoms with E-state index in [1.807, 2.05) is 19.1 Å². The summed E-state index contributed by atoms with van der Waals surface area (Å²) < 4.78 is 0. The van der Waals surface area contributed by atoms with E-state index in [9.17, 15) is 4.79 Å². The van der Waals surface area contributed by atoms with Gasteiger partial charge in [0.25, 0.3) is 5.56 Å². The van der Waals surface area contributed by atoms with Crippen molar-refractivity contribution in [3.8, 4) is 11.4 Å². The average Bonchev–Trinajstić information content (AvgIpc) is 3.11. The van der Waals surface area contributed by atoms with Crippen LogP contribution in [-0.2, 0) is 18.3 Å². The van der Waals surface area contributed by atoms with Crippen LogP contribution in [0.5, 0.6) is 0 Å². The van der Waals surface area contributed by atoms with Gasteiger partial charge in [0.2, 0.25) is 0 Å². The Morgan fingerprint density at radius 1 is 1.19 bits per heavy atom. The molecule has 6 nitrogen and oxygen atoms in total. The summed E-state index contributed by atoms with van der Waals surface area (Å²) in [4.78, 5) is 28.1. The summed E-state index contributed by atoms with van der Waals surface area (Å²) in [6.45, 7) is 9.27. The van der Waals surface area contributed by atoms with Crippen LogP contribution in [0.4, 0.5) is 5.82 Å². The maximum absolute atomic E-state index is 11.7. The summed E-state index contributed by atoms with van der Waals surface area (Å²) >= 11 is 1.72. The molecule has 0 atom stereocenters. The normalized spacial score (nSPS) is 11.6. The zero-order valence-electron chi connectivity index (χ0n) is 16.2. The summed E-state index contributed by atoms with van der Waals surface area (Å²) in [5.41, 5.74) is 2.62. The number of aryl methyl sites for hydroxylation is 1.